The molecule has 17 heavy (non-hydrogen) atoms. The van der Waals surface area contributed by atoms with Gasteiger partial charge in [0.15, 0.2) is 0 Å². The van der Waals surface area contributed by atoms with E-state index in [2.05, 4.69) is 5.32 Å². The quantitative estimate of drug-likeness (QED) is 0.801. The maximum Gasteiger partial charge on any atom is 0.242 e. The lowest BCUT2D eigenvalue weighted by molar-refractivity contribution is -0.139. The van der Waals surface area contributed by atoms with Crippen LogP contribution >= 0.6 is 0 Å². The lowest BCUT2D eigenvalue weighted by atomic mass is 10.0. The van der Waals surface area contributed by atoms with Gasteiger partial charge in [-0.25, -0.2) is 0 Å². The molecule has 2 rings (SSSR count). The predicted octanol–water partition coefficient (Wildman–Crippen LogP) is 1.16. The normalized spacial score (nSPS) is 28.7. The fourth-order valence-electron chi connectivity index (χ4n) is 2.67. The highest BCUT2D eigenvalue weighted by Crippen LogP contribution is 2.18. The third-order valence-electron chi connectivity index (χ3n) is 3.75. The molecular formula is C13H24N2O2. The van der Waals surface area contributed by atoms with Crippen LogP contribution in [0.15, 0.2) is 0 Å². The van der Waals surface area contributed by atoms with E-state index in [1.165, 1.54) is 12.8 Å². The Kier molecular flexibility index (Phi) is 4.05. The highest BCUT2D eigenvalue weighted by Gasteiger charge is 2.34. The summed E-state index contributed by atoms with van der Waals surface area (Å²) in [7, 11) is 0. The van der Waals surface area contributed by atoms with E-state index < -0.39 is 0 Å². The van der Waals surface area contributed by atoms with Crippen molar-refractivity contribution in [2.75, 3.05) is 26.2 Å². The fraction of sp³-hybridized carbons (Fsp3) is 0.923. The number of amides is 1. The van der Waals surface area contributed by atoms with Gasteiger partial charge < -0.3 is 15.0 Å². The molecule has 1 atom stereocenters. The number of rotatable bonds is 4. The molecular weight excluding hydrogens is 216 g/mol. The molecule has 0 aromatic heterocycles. The molecule has 0 aromatic rings. The van der Waals surface area contributed by atoms with Crippen molar-refractivity contribution < 1.29 is 9.53 Å². The minimum absolute atomic E-state index is 0.232. The standard InChI is InChI=1S/C13H24N2O2/c1-13(2)12(16)15(9-7-14-13)8-3-5-11-6-4-10-17-11/h11,14H,3-10H2,1-2H3. The van der Waals surface area contributed by atoms with Gasteiger partial charge in [-0.05, 0) is 39.5 Å². The number of ether oxygens (including phenoxy) is 1. The Morgan fingerprint density at radius 1 is 1.53 bits per heavy atom. The number of hydrogen-bond acceptors (Lipinski definition) is 3. The van der Waals surface area contributed by atoms with Gasteiger partial charge >= 0.3 is 0 Å². The van der Waals surface area contributed by atoms with Crippen LogP contribution in [0.5, 0.6) is 0 Å². The Balaban J connectivity index is 1.72. The molecule has 0 saturated carbocycles. The zero-order chi connectivity index (χ0) is 12.3. The molecule has 4 heteroatoms. The van der Waals surface area contributed by atoms with Crippen LogP contribution in [0.2, 0.25) is 0 Å². The zero-order valence-corrected chi connectivity index (χ0v) is 11.0. The molecule has 0 aliphatic carbocycles. The fourth-order valence-corrected chi connectivity index (χ4v) is 2.67. The Bertz CT molecular complexity index is 273. The first kappa shape index (κ1) is 12.8. The van der Waals surface area contributed by atoms with Gasteiger partial charge in [0.2, 0.25) is 5.91 Å². The molecule has 2 aliphatic rings. The molecule has 0 aromatic carbocycles. The van der Waals surface area contributed by atoms with Crippen LogP contribution in [0.25, 0.3) is 0 Å². The van der Waals surface area contributed by atoms with Crippen molar-refractivity contribution in [3.8, 4) is 0 Å². The van der Waals surface area contributed by atoms with Crippen molar-refractivity contribution in [3.05, 3.63) is 0 Å². The van der Waals surface area contributed by atoms with E-state index in [-0.39, 0.29) is 11.4 Å². The van der Waals surface area contributed by atoms with E-state index in [9.17, 15) is 4.79 Å². The maximum atomic E-state index is 12.1. The number of carbonyl (C=O) groups excluding carboxylic acids is 1. The molecule has 1 amide bonds. The average molecular weight is 240 g/mol. The number of nitrogens with zero attached hydrogens (tertiary/aromatic N) is 1. The molecule has 0 spiro atoms. The summed E-state index contributed by atoms with van der Waals surface area (Å²) in [5.41, 5.74) is -0.387. The average Bonchev–Trinajstić information content (AvgIpc) is 2.77. The van der Waals surface area contributed by atoms with Crippen molar-refractivity contribution in [1.82, 2.24) is 10.2 Å². The SMILES string of the molecule is CC1(C)NCCN(CCCC2CCCO2)C1=O. The van der Waals surface area contributed by atoms with Crippen LogP contribution in [-0.4, -0.2) is 48.7 Å². The number of piperazine rings is 1. The van der Waals surface area contributed by atoms with Crippen molar-refractivity contribution >= 4 is 5.91 Å². The summed E-state index contributed by atoms with van der Waals surface area (Å²) in [6, 6.07) is 0. The van der Waals surface area contributed by atoms with Crippen LogP contribution in [0, 0.1) is 0 Å². The summed E-state index contributed by atoms with van der Waals surface area (Å²) < 4.78 is 5.59. The van der Waals surface area contributed by atoms with Crippen molar-refractivity contribution in [2.45, 2.75) is 51.2 Å². The highest BCUT2D eigenvalue weighted by molar-refractivity contribution is 5.86. The molecule has 0 radical (unpaired) electrons. The molecule has 1 unspecified atom stereocenters. The van der Waals surface area contributed by atoms with Crippen LogP contribution < -0.4 is 5.32 Å². The zero-order valence-electron chi connectivity index (χ0n) is 11.0. The minimum Gasteiger partial charge on any atom is -0.378 e. The van der Waals surface area contributed by atoms with Gasteiger partial charge in [0.05, 0.1) is 11.6 Å². The predicted molar refractivity (Wildman–Crippen MR) is 66.9 cm³/mol. The largest absolute Gasteiger partial charge is 0.378 e. The van der Waals surface area contributed by atoms with Crippen LogP contribution in [-0.2, 0) is 9.53 Å². The van der Waals surface area contributed by atoms with Crippen LogP contribution in [0.1, 0.15) is 39.5 Å². The maximum absolute atomic E-state index is 12.1. The highest BCUT2D eigenvalue weighted by atomic mass is 16.5. The summed E-state index contributed by atoms with van der Waals surface area (Å²) >= 11 is 0. The summed E-state index contributed by atoms with van der Waals surface area (Å²) in [6.45, 7) is 7.46. The van der Waals surface area contributed by atoms with E-state index >= 15 is 0 Å². The Morgan fingerprint density at radius 2 is 2.35 bits per heavy atom. The van der Waals surface area contributed by atoms with Gasteiger partial charge in [-0.2, -0.15) is 0 Å². The van der Waals surface area contributed by atoms with Gasteiger partial charge in [-0.3, -0.25) is 4.79 Å². The molecule has 4 nitrogen and oxygen atoms in total. The lowest BCUT2D eigenvalue weighted by Crippen LogP contribution is -2.61. The van der Waals surface area contributed by atoms with Gasteiger partial charge in [-0.15, -0.1) is 0 Å². The van der Waals surface area contributed by atoms with Gasteiger partial charge in [0, 0.05) is 26.2 Å². The smallest absolute Gasteiger partial charge is 0.242 e. The molecule has 1 N–H and O–H groups in total. The summed E-state index contributed by atoms with van der Waals surface area (Å²) in [6.07, 6.45) is 5.00. The molecule has 2 saturated heterocycles. The van der Waals surface area contributed by atoms with E-state index in [1.54, 1.807) is 0 Å². The summed E-state index contributed by atoms with van der Waals surface area (Å²) in [4.78, 5) is 14.1. The molecule has 98 valence electrons. The second-order valence-corrected chi connectivity index (χ2v) is 5.62. The first-order chi connectivity index (χ1) is 8.09. The van der Waals surface area contributed by atoms with Gasteiger partial charge in [-0.1, -0.05) is 0 Å². The molecule has 2 heterocycles. The lowest BCUT2D eigenvalue weighted by Gasteiger charge is -2.38. The topological polar surface area (TPSA) is 41.6 Å². The van der Waals surface area contributed by atoms with Gasteiger partial charge in [0.25, 0.3) is 0 Å². The second-order valence-electron chi connectivity index (χ2n) is 5.62. The van der Waals surface area contributed by atoms with E-state index in [4.69, 9.17) is 4.74 Å². The first-order valence-electron chi connectivity index (χ1n) is 6.75. The summed E-state index contributed by atoms with van der Waals surface area (Å²) in [5.74, 6) is 0.232. The Labute approximate surface area is 104 Å². The minimum atomic E-state index is -0.387. The van der Waals surface area contributed by atoms with Crippen LogP contribution in [0.3, 0.4) is 0 Å². The third-order valence-corrected chi connectivity index (χ3v) is 3.75. The first-order valence-corrected chi connectivity index (χ1v) is 6.75. The molecule has 2 fully saturated rings. The summed E-state index contributed by atoms with van der Waals surface area (Å²) in [5, 5.41) is 3.25. The number of nitrogens with one attached hydrogen (secondary N) is 1. The Hall–Kier alpha value is -0.610. The van der Waals surface area contributed by atoms with E-state index in [0.29, 0.717) is 6.10 Å². The monoisotopic (exact) mass is 240 g/mol. The number of hydrogen-bond donors (Lipinski definition) is 1. The van der Waals surface area contributed by atoms with E-state index in [1.807, 2.05) is 18.7 Å². The Morgan fingerprint density at radius 3 is 3.06 bits per heavy atom. The van der Waals surface area contributed by atoms with E-state index in [0.717, 1.165) is 39.1 Å². The number of carbonyl (C=O) groups is 1. The van der Waals surface area contributed by atoms with Crippen molar-refractivity contribution in [1.29, 1.82) is 0 Å². The van der Waals surface area contributed by atoms with Gasteiger partial charge in [0.1, 0.15) is 0 Å². The van der Waals surface area contributed by atoms with Crippen molar-refractivity contribution in [3.63, 3.8) is 0 Å². The second kappa shape index (κ2) is 5.36. The third kappa shape index (κ3) is 3.19. The molecule has 0 bridgehead atoms. The van der Waals surface area contributed by atoms with Crippen molar-refractivity contribution in [2.24, 2.45) is 0 Å². The van der Waals surface area contributed by atoms with Crippen LogP contribution in [0.4, 0.5) is 0 Å². The molecule has 2 aliphatic heterocycles.